The molecule has 2 aliphatic rings. The molecule has 2 fully saturated rings. The van der Waals surface area contributed by atoms with Crippen molar-refractivity contribution in [1.29, 1.82) is 0 Å². The normalized spacial score (nSPS) is 26.6. The second-order valence-electron chi connectivity index (χ2n) is 5.70. The number of fused-ring (bicyclic) bond motifs is 1. The van der Waals surface area contributed by atoms with Crippen LogP contribution in [-0.2, 0) is 11.3 Å². The highest BCUT2D eigenvalue weighted by Crippen LogP contribution is 2.25. The first-order valence-corrected chi connectivity index (χ1v) is 6.92. The van der Waals surface area contributed by atoms with Crippen LogP contribution in [-0.4, -0.2) is 55.5 Å². The van der Waals surface area contributed by atoms with Gasteiger partial charge in [0.1, 0.15) is 5.76 Å². The number of amides is 1. The van der Waals surface area contributed by atoms with Crippen LogP contribution in [0, 0.1) is 11.8 Å². The van der Waals surface area contributed by atoms with Crippen molar-refractivity contribution in [3.8, 4) is 0 Å². The lowest BCUT2D eigenvalue weighted by atomic mass is 10.0. The van der Waals surface area contributed by atoms with Gasteiger partial charge in [0, 0.05) is 20.1 Å². The van der Waals surface area contributed by atoms with Crippen molar-refractivity contribution in [2.45, 2.75) is 6.54 Å². The van der Waals surface area contributed by atoms with Crippen LogP contribution in [0.1, 0.15) is 5.76 Å². The molecule has 2 unspecified atom stereocenters. The van der Waals surface area contributed by atoms with Gasteiger partial charge in [-0.15, -0.1) is 0 Å². The van der Waals surface area contributed by atoms with Gasteiger partial charge < -0.3 is 14.6 Å². The molecule has 0 radical (unpaired) electrons. The van der Waals surface area contributed by atoms with Gasteiger partial charge in [0.15, 0.2) is 0 Å². The van der Waals surface area contributed by atoms with Gasteiger partial charge in [-0.1, -0.05) is 0 Å². The molecule has 104 valence electrons. The van der Waals surface area contributed by atoms with Crippen LogP contribution in [0.2, 0.25) is 0 Å². The molecule has 1 N–H and O–H groups in total. The van der Waals surface area contributed by atoms with E-state index in [0.717, 1.165) is 43.8 Å². The molecule has 1 amide bonds. The maximum atomic E-state index is 12.2. The summed E-state index contributed by atoms with van der Waals surface area (Å²) in [5, 5.41) is 3.42. The Hall–Kier alpha value is -1.33. The van der Waals surface area contributed by atoms with Crippen LogP contribution in [0.3, 0.4) is 0 Å². The number of likely N-dealkylation sites (tertiary alicyclic amines) is 1. The first-order valence-electron chi connectivity index (χ1n) is 6.92. The molecule has 0 aromatic carbocycles. The predicted molar refractivity (Wildman–Crippen MR) is 71.5 cm³/mol. The van der Waals surface area contributed by atoms with E-state index in [1.54, 1.807) is 11.2 Å². The number of furan rings is 1. The third-order valence-corrected chi connectivity index (χ3v) is 4.22. The average molecular weight is 263 g/mol. The molecule has 19 heavy (non-hydrogen) atoms. The molecular formula is C14H21N3O2. The molecule has 0 spiro atoms. The first kappa shape index (κ1) is 12.7. The summed E-state index contributed by atoms with van der Waals surface area (Å²) in [6.07, 6.45) is 1.64. The highest BCUT2D eigenvalue weighted by Gasteiger charge is 2.36. The predicted octanol–water partition coefficient (Wildman–Crippen LogP) is 0.389. The third-order valence-electron chi connectivity index (χ3n) is 4.22. The molecule has 2 atom stereocenters. The first-order chi connectivity index (χ1) is 9.22. The number of nitrogens with one attached hydrogen (secondary N) is 1. The molecule has 0 aliphatic carbocycles. The highest BCUT2D eigenvalue weighted by molar-refractivity contribution is 5.78. The standard InChI is InChI=1S/C14H21N3O2/c1-16(9-13-3-2-4-19-13)14(18)10-17-7-11-5-15-6-12(11)8-17/h2-4,11-12,15H,5-10H2,1H3. The minimum absolute atomic E-state index is 0.171. The Morgan fingerprint density at radius 2 is 2.21 bits per heavy atom. The zero-order valence-corrected chi connectivity index (χ0v) is 11.3. The van der Waals surface area contributed by atoms with Crippen LogP contribution < -0.4 is 5.32 Å². The molecule has 0 bridgehead atoms. The molecular weight excluding hydrogens is 242 g/mol. The number of carbonyl (C=O) groups is 1. The molecule has 2 saturated heterocycles. The molecule has 1 aromatic heterocycles. The minimum atomic E-state index is 0.171. The summed E-state index contributed by atoms with van der Waals surface area (Å²) in [5.74, 6) is 2.48. The fraction of sp³-hybridized carbons (Fsp3) is 0.643. The van der Waals surface area contributed by atoms with E-state index >= 15 is 0 Å². The molecule has 1 aromatic rings. The summed E-state index contributed by atoms with van der Waals surface area (Å²) >= 11 is 0. The second-order valence-corrected chi connectivity index (χ2v) is 5.70. The SMILES string of the molecule is CN(Cc1ccco1)C(=O)CN1CC2CNCC2C1. The lowest BCUT2D eigenvalue weighted by Crippen LogP contribution is -2.38. The van der Waals surface area contributed by atoms with Crippen LogP contribution in [0.5, 0.6) is 0 Å². The quantitative estimate of drug-likeness (QED) is 0.854. The van der Waals surface area contributed by atoms with Gasteiger partial charge in [-0.3, -0.25) is 9.69 Å². The van der Waals surface area contributed by atoms with Crippen molar-refractivity contribution in [2.24, 2.45) is 11.8 Å². The van der Waals surface area contributed by atoms with Gasteiger partial charge in [0.25, 0.3) is 0 Å². The molecule has 5 nitrogen and oxygen atoms in total. The minimum Gasteiger partial charge on any atom is -0.467 e. The van der Waals surface area contributed by atoms with Crippen molar-refractivity contribution in [3.63, 3.8) is 0 Å². The largest absolute Gasteiger partial charge is 0.467 e. The van der Waals surface area contributed by atoms with Crippen LogP contribution in [0.15, 0.2) is 22.8 Å². The number of hydrogen-bond donors (Lipinski definition) is 1. The summed E-state index contributed by atoms with van der Waals surface area (Å²) in [5.41, 5.74) is 0. The van der Waals surface area contributed by atoms with Crippen molar-refractivity contribution in [2.75, 3.05) is 39.8 Å². The van der Waals surface area contributed by atoms with Crippen LogP contribution >= 0.6 is 0 Å². The fourth-order valence-electron chi connectivity index (χ4n) is 3.12. The number of nitrogens with zero attached hydrogens (tertiary/aromatic N) is 2. The number of likely N-dealkylation sites (N-methyl/N-ethyl adjacent to an activating group) is 1. The van der Waals surface area contributed by atoms with E-state index in [1.807, 2.05) is 19.2 Å². The molecule has 3 heterocycles. The summed E-state index contributed by atoms with van der Waals surface area (Å²) in [7, 11) is 1.84. The van der Waals surface area contributed by atoms with E-state index in [-0.39, 0.29) is 5.91 Å². The van der Waals surface area contributed by atoms with E-state index in [0.29, 0.717) is 13.1 Å². The molecule has 2 aliphatic heterocycles. The van der Waals surface area contributed by atoms with Gasteiger partial charge >= 0.3 is 0 Å². The summed E-state index contributed by atoms with van der Waals surface area (Å²) in [4.78, 5) is 16.2. The Balaban J connectivity index is 1.48. The summed E-state index contributed by atoms with van der Waals surface area (Å²) < 4.78 is 5.27. The van der Waals surface area contributed by atoms with Gasteiger partial charge in [0.05, 0.1) is 19.4 Å². The van der Waals surface area contributed by atoms with E-state index < -0.39 is 0 Å². The molecule has 5 heteroatoms. The van der Waals surface area contributed by atoms with Crippen molar-refractivity contribution in [1.82, 2.24) is 15.1 Å². The number of hydrogen-bond acceptors (Lipinski definition) is 4. The van der Waals surface area contributed by atoms with Gasteiger partial charge in [-0.2, -0.15) is 0 Å². The number of carbonyl (C=O) groups excluding carboxylic acids is 1. The highest BCUT2D eigenvalue weighted by atomic mass is 16.3. The maximum Gasteiger partial charge on any atom is 0.236 e. The Bertz CT molecular complexity index is 420. The topological polar surface area (TPSA) is 48.7 Å². The van der Waals surface area contributed by atoms with Gasteiger partial charge in [-0.05, 0) is 37.1 Å². The second kappa shape index (κ2) is 5.35. The summed E-state index contributed by atoms with van der Waals surface area (Å²) in [6.45, 7) is 5.41. The molecule has 0 saturated carbocycles. The Morgan fingerprint density at radius 3 is 2.84 bits per heavy atom. The maximum absolute atomic E-state index is 12.2. The van der Waals surface area contributed by atoms with Crippen LogP contribution in [0.25, 0.3) is 0 Å². The average Bonchev–Trinajstić information content (AvgIpc) is 3.04. The van der Waals surface area contributed by atoms with E-state index in [1.165, 1.54) is 0 Å². The van der Waals surface area contributed by atoms with Gasteiger partial charge in [-0.25, -0.2) is 0 Å². The molecule has 3 rings (SSSR count). The summed E-state index contributed by atoms with van der Waals surface area (Å²) in [6, 6.07) is 3.75. The third kappa shape index (κ3) is 2.82. The van der Waals surface area contributed by atoms with Crippen molar-refractivity contribution in [3.05, 3.63) is 24.2 Å². The Kier molecular flexibility index (Phi) is 3.57. The Labute approximate surface area is 113 Å². The zero-order chi connectivity index (χ0) is 13.2. The van der Waals surface area contributed by atoms with Crippen molar-refractivity contribution < 1.29 is 9.21 Å². The zero-order valence-electron chi connectivity index (χ0n) is 11.3. The van der Waals surface area contributed by atoms with Crippen molar-refractivity contribution >= 4 is 5.91 Å². The smallest absolute Gasteiger partial charge is 0.236 e. The monoisotopic (exact) mass is 263 g/mol. The van der Waals surface area contributed by atoms with Gasteiger partial charge in [0.2, 0.25) is 5.91 Å². The van der Waals surface area contributed by atoms with E-state index in [9.17, 15) is 4.79 Å². The lowest BCUT2D eigenvalue weighted by molar-refractivity contribution is -0.131. The Morgan fingerprint density at radius 1 is 1.47 bits per heavy atom. The van der Waals surface area contributed by atoms with E-state index in [4.69, 9.17) is 4.42 Å². The van der Waals surface area contributed by atoms with E-state index in [2.05, 4.69) is 10.2 Å². The number of rotatable bonds is 4. The fourth-order valence-corrected chi connectivity index (χ4v) is 3.12. The lowest BCUT2D eigenvalue weighted by Gasteiger charge is -2.21. The van der Waals surface area contributed by atoms with Crippen LogP contribution in [0.4, 0.5) is 0 Å².